The highest BCUT2D eigenvalue weighted by molar-refractivity contribution is 5.82. The van der Waals surface area contributed by atoms with Crippen molar-refractivity contribution in [1.82, 2.24) is 5.32 Å². The maximum atomic E-state index is 12.4. The molecule has 3 saturated carbocycles. The number of nitrogens with one attached hydrogen (secondary N) is 1. The average molecular weight is 398 g/mol. The molecule has 1 aromatic rings. The summed E-state index contributed by atoms with van der Waals surface area (Å²) in [6.07, 6.45) is 10.1. The number of hydrogen-bond acceptors (Lipinski definition) is 3. The van der Waals surface area contributed by atoms with Crippen LogP contribution in [0, 0.1) is 23.2 Å². The summed E-state index contributed by atoms with van der Waals surface area (Å²) < 4.78 is 0. The molecule has 3 fully saturated rings. The zero-order chi connectivity index (χ0) is 20.9. The number of allylic oxidation sites excluding steroid dienone is 2. The van der Waals surface area contributed by atoms with Crippen LogP contribution in [0.1, 0.15) is 57.9 Å². The molecule has 4 nitrogen and oxygen atoms in total. The summed E-state index contributed by atoms with van der Waals surface area (Å²) in [5.74, 6) is 1.53. The molecule has 0 aliphatic heterocycles. The number of carbonyl (C=O) groups excluding carboxylic acids is 1. The van der Waals surface area contributed by atoms with Gasteiger partial charge in [0, 0.05) is 18.9 Å². The highest BCUT2D eigenvalue weighted by Gasteiger charge is 2.56. The Hall–Kier alpha value is -1.94. The molecule has 0 radical (unpaired) electrons. The van der Waals surface area contributed by atoms with Crippen LogP contribution in [0.4, 0.5) is 0 Å². The number of carboxylic acid groups (broad SMARTS) is 1. The van der Waals surface area contributed by atoms with E-state index in [2.05, 4.69) is 31.3 Å². The number of unbranched alkanes of at least 4 members (excludes halogenated alkanes) is 1. The van der Waals surface area contributed by atoms with E-state index >= 15 is 0 Å². The minimum absolute atomic E-state index is 0.235. The van der Waals surface area contributed by atoms with Gasteiger partial charge in [0.2, 0.25) is 0 Å². The molecule has 29 heavy (non-hydrogen) atoms. The first-order valence-electron chi connectivity index (χ1n) is 11.0. The van der Waals surface area contributed by atoms with E-state index in [-0.39, 0.29) is 12.2 Å². The topological polar surface area (TPSA) is 66.4 Å². The van der Waals surface area contributed by atoms with Crippen molar-refractivity contribution in [1.29, 1.82) is 0 Å². The van der Waals surface area contributed by atoms with E-state index < -0.39 is 5.97 Å². The van der Waals surface area contributed by atoms with Gasteiger partial charge in [-0.05, 0) is 60.8 Å². The average Bonchev–Trinajstić information content (AvgIpc) is 2.69. The van der Waals surface area contributed by atoms with Gasteiger partial charge < -0.3 is 10.4 Å². The summed E-state index contributed by atoms with van der Waals surface area (Å²) in [6, 6.07) is 10.3. The summed E-state index contributed by atoms with van der Waals surface area (Å²) in [4.78, 5) is 23.1. The summed E-state index contributed by atoms with van der Waals surface area (Å²) in [7, 11) is 0. The van der Waals surface area contributed by atoms with Crippen molar-refractivity contribution in [2.24, 2.45) is 23.2 Å². The van der Waals surface area contributed by atoms with Crippen molar-refractivity contribution in [3.63, 3.8) is 0 Å². The summed E-state index contributed by atoms with van der Waals surface area (Å²) in [5.41, 5.74) is 1.47. The van der Waals surface area contributed by atoms with Crippen LogP contribution < -0.4 is 5.32 Å². The number of ketones is 1. The van der Waals surface area contributed by atoms with Crippen molar-refractivity contribution in [2.45, 2.75) is 64.8 Å². The van der Waals surface area contributed by atoms with Crippen molar-refractivity contribution < 1.29 is 14.7 Å². The van der Waals surface area contributed by atoms with Crippen LogP contribution >= 0.6 is 0 Å². The second-order valence-electron chi connectivity index (χ2n) is 9.44. The Morgan fingerprint density at radius 1 is 1.17 bits per heavy atom. The monoisotopic (exact) mass is 397 g/mol. The lowest BCUT2D eigenvalue weighted by molar-refractivity contribution is -0.137. The second-order valence-corrected chi connectivity index (χ2v) is 9.44. The molecule has 0 heterocycles. The summed E-state index contributed by atoms with van der Waals surface area (Å²) >= 11 is 0. The van der Waals surface area contributed by atoms with Crippen LogP contribution in [0.5, 0.6) is 0 Å². The SMILES string of the molecule is CC1(C)[C@H]2C[C@H](NCC(=O)Cc3ccccc3)[C@@H](CC=CCCCC(=O)O)[C@@H]1C2. The van der Waals surface area contributed by atoms with E-state index in [1.165, 1.54) is 6.42 Å². The molecule has 0 saturated heterocycles. The molecule has 0 amide bonds. The van der Waals surface area contributed by atoms with Crippen molar-refractivity contribution in [3.05, 3.63) is 48.0 Å². The number of fused-ring (bicyclic) bond motifs is 2. The molecular weight excluding hydrogens is 362 g/mol. The van der Waals surface area contributed by atoms with Gasteiger partial charge in [0.1, 0.15) is 0 Å². The quantitative estimate of drug-likeness (QED) is 0.422. The predicted octanol–water partition coefficient (Wildman–Crippen LogP) is 4.64. The molecule has 2 N–H and O–H groups in total. The van der Waals surface area contributed by atoms with E-state index in [1.54, 1.807) is 0 Å². The molecule has 0 aromatic heterocycles. The van der Waals surface area contributed by atoms with Gasteiger partial charge in [0.25, 0.3) is 0 Å². The fourth-order valence-electron chi connectivity index (χ4n) is 5.38. The number of benzene rings is 1. The molecule has 0 unspecified atom stereocenters. The molecule has 1 aromatic carbocycles. The third-order valence-electron chi connectivity index (χ3n) is 7.26. The molecule has 3 aliphatic rings. The molecule has 2 bridgehead atoms. The van der Waals surface area contributed by atoms with Crippen molar-refractivity contribution in [2.75, 3.05) is 6.54 Å². The van der Waals surface area contributed by atoms with Crippen LogP contribution in [0.25, 0.3) is 0 Å². The van der Waals surface area contributed by atoms with E-state index in [0.29, 0.717) is 42.7 Å². The fourth-order valence-corrected chi connectivity index (χ4v) is 5.38. The Morgan fingerprint density at radius 2 is 1.93 bits per heavy atom. The second kappa shape index (κ2) is 9.71. The minimum atomic E-state index is -0.725. The number of carbonyl (C=O) groups is 2. The van der Waals surface area contributed by atoms with Gasteiger partial charge in [-0.15, -0.1) is 0 Å². The Bertz CT molecular complexity index is 725. The molecule has 4 rings (SSSR count). The highest BCUT2D eigenvalue weighted by atomic mass is 16.4. The first-order valence-corrected chi connectivity index (χ1v) is 11.0. The zero-order valence-corrected chi connectivity index (χ0v) is 17.8. The lowest BCUT2D eigenvalue weighted by Gasteiger charge is -2.62. The smallest absolute Gasteiger partial charge is 0.303 e. The maximum Gasteiger partial charge on any atom is 0.303 e. The maximum absolute atomic E-state index is 12.4. The Kier molecular flexibility index (Phi) is 7.28. The number of carboxylic acids is 1. The molecule has 4 atom stereocenters. The first-order chi connectivity index (χ1) is 13.9. The molecule has 4 heteroatoms. The van der Waals surface area contributed by atoms with Crippen LogP contribution in [-0.4, -0.2) is 29.4 Å². The molecule has 3 aliphatic carbocycles. The molecule has 158 valence electrons. The van der Waals surface area contributed by atoms with E-state index in [1.807, 2.05) is 30.3 Å². The van der Waals surface area contributed by atoms with Crippen LogP contribution in [0.3, 0.4) is 0 Å². The Balaban J connectivity index is 1.51. The number of aliphatic carboxylic acids is 1. The van der Waals surface area contributed by atoms with Gasteiger partial charge in [0.15, 0.2) is 5.78 Å². The predicted molar refractivity (Wildman–Crippen MR) is 116 cm³/mol. The van der Waals surface area contributed by atoms with Crippen LogP contribution in [0.15, 0.2) is 42.5 Å². The summed E-state index contributed by atoms with van der Waals surface area (Å²) in [5, 5.41) is 12.3. The van der Waals surface area contributed by atoms with E-state index in [4.69, 9.17) is 5.11 Å². The lowest BCUT2D eigenvalue weighted by atomic mass is 9.44. The third-order valence-corrected chi connectivity index (χ3v) is 7.26. The zero-order valence-electron chi connectivity index (χ0n) is 17.8. The van der Waals surface area contributed by atoms with Gasteiger partial charge >= 0.3 is 5.97 Å². The van der Waals surface area contributed by atoms with Gasteiger partial charge in [0.05, 0.1) is 6.54 Å². The van der Waals surface area contributed by atoms with E-state index in [0.717, 1.165) is 30.7 Å². The number of Topliss-reactive ketones (excluding diaryl/α,β-unsaturated/α-hetero) is 1. The number of rotatable bonds is 11. The Morgan fingerprint density at radius 3 is 2.62 bits per heavy atom. The van der Waals surface area contributed by atoms with Gasteiger partial charge in [-0.1, -0.05) is 56.3 Å². The highest BCUT2D eigenvalue weighted by Crippen LogP contribution is 2.62. The van der Waals surface area contributed by atoms with Crippen LogP contribution in [0.2, 0.25) is 0 Å². The number of hydrogen-bond donors (Lipinski definition) is 2. The standard InChI is InChI=1S/C25H35NO3/c1-25(2)19-15-22(25)21(12-8-3-4-9-13-24(28)29)23(16-19)26-17-20(27)14-18-10-6-5-7-11-18/h3,5-8,10-11,19,21-23,26H,4,9,12-17H2,1-2H3,(H,28,29)/t19-,21+,22+,23+/m1/s1. The van der Waals surface area contributed by atoms with E-state index in [9.17, 15) is 9.59 Å². The van der Waals surface area contributed by atoms with Crippen molar-refractivity contribution >= 4 is 11.8 Å². The largest absolute Gasteiger partial charge is 0.481 e. The molecule has 0 spiro atoms. The van der Waals surface area contributed by atoms with Gasteiger partial charge in [-0.3, -0.25) is 9.59 Å². The van der Waals surface area contributed by atoms with Gasteiger partial charge in [-0.2, -0.15) is 0 Å². The first kappa shape index (κ1) is 21.8. The van der Waals surface area contributed by atoms with Crippen LogP contribution in [-0.2, 0) is 16.0 Å². The lowest BCUT2D eigenvalue weighted by Crippen LogP contribution is -2.61. The Labute approximate surface area is 174 Å². The summed E-state index contributed by atoms with van der Waals surface area (Å²) in [6.45, 7) is 5.23. The normalized spacial score (nSPS) is 27.5. The van der Waals surface area contributed by atoms with Crippen molar-refractivity contribution in [3.8, 4) is 0 Å². The fraction of sp³-hybridized carbons (Fsp3) is 0.600. The minimum Gasteiger partial charge on any atom is -0.481 e. The molecular formula is C25H35NO3. The third kappa shape index (κ3) is 5.57. The van der Waals surface area contributed by atoms with Gasteiger partial charge in [-0.25, -0.2) is 0 Å².